The topological polar surface area (TPSA) is 41.0 Å². The number of rotatable bonds is 0. The highest BCUT2D eigenvalue weighted by atomic mass is 32.1. The van der Waals surface area contributed by atoms with Crippen LogP contribution in [0.25, 0.3) is 0 Å². The molecule has 0 spiro atoms. The second kappa shape index (κ2) is 2.70. The number of H-pyrrole nitrogens is 1. The highest BCUT2D eigenvalue weighted by Crippen LogP contribution is 2.23. The zero-order valence-electron chi connectivity index (χ0n) is 7.63. The molecule has 1 aliphatic rings. The van der Waals surface area contributed by atoms with E-state index in [-0.39, 0.29) is 5.69 Å². The fraction of sp³-hybridized carbons (Fsp3) is 0.500. The van der Waals surface area contributed by atoms with Crippen LogP contribution in [-0.2, 0) is 13.5 Å². The quantitative estimate of drug-likeness (QED) is 0.613. The summed E-state index contributed by atoms with van der Waals surface area (Å²) in [6.45, 7) is 0.935. The van der Waals surface area contributed by atoms with Gasteiger partial charge >= 0.3 is 5.69 Å². The summed E-state index contributed by atoms with van der Waals surface area (Å²) in [5.74, 6) is 0.953. The molecule has 1 N–H and O–H groups in total. The first-order valence-corrected chi connectivity index (χ1v) is 4.55. The van der Waals surface area contributed by atoms with Crippen molar-refractivity contribution in [3.8, 4) is 0 Å². The van der Waals surface area contributed by atoms with E-state index in [1.54, 1.807) is 11.6 Å². The van der Waals surface area contributed by atoms with E-state index >= 15 is 0 Å². The standard InChI is InChI=1S/C8H11N3OS/c1-10-4-3-5-6(13)9-8(12)11(2)7(5)10/h3-4H2,1-2H3,(H,9,12,13). The zero-order valence-corrected chi connectivity index (χ0v) is 8.44. The van der Waals surface area contributed by atoms with E-state index in [2.05, 4.69) is 9.88 Å². The van der Waals surface area contributed by atoms with E-state index in [1.807, 2.05) is 7.05 Å². The molecular formula is C8H11N3OS. The van der Waals surface area contributed by atoms with Crippen molar-refractivity contribution in [1.82, 2.24) is 9.55 Å². The Bertz CT molecular complexity index is 459. The lowest BCUT2D eigenvalue weighted by Gasteiger charge is -2.14. The van der Waals surface area contributed by atoms with Gasteiger partial charge in [-0.15, -0.1) is 0 Å². The maximum atomic E-state index is 11.4. The SMILES string of the molecule is CN1CCc2c1n(C)c(=O)[nH]c2=S. The largest absolute Gasteiger partial charge is 0.360 e. The van der Waals surface area contributed by atoms with Gasteiger partial charge in [0.2, 0.25) is 0 Å². The molecule has 0 fully saturated rings. The Morgan fingerprint density at radius 2 is 2.15 bits per heavy atom. The number of likely N-dealkylation sites (N-methyl/N-ethyl adjacent to an activating group) is 1. The molecular weight excluding hydrogens is 186 g/mol. The monoisotopic (exact) mass is 197 g/mol. The average Bonchev–Trinajstić information content (AvgIpc) is 2.44. The van der Waals surface area contributed by atoms with E-state index in [4.69, 9.17) is 12.2 Å². The molecule has 0 bridgehead atoms. The van der Waals surface area contributed by atoms with Crippen molar-refractivity contribution in [1.29, 1.82) is 0 Å². The first-order chi connectivity index (χ1) is 6.11. The number of nitrogens with zero attached hydrogens (tertiary/aromatic N) is 2. The smallest absolute Gasteiger partial charge is 0.327 e. The third-order valence-corrected chi connectivity index (χ3v) is 2.79. The first-order valence-electron chi connectivity index (χ1n) is 4.14. The van der Waals surface area contributed by atoms with Gasteiger partial charge in [0.15, 0.2) is 0 Å². The Morgan fingerprint density at radius 3 is 2.85 bits per heavy atom. The molecule has 5 heteroatoms. The van der Waals surface area contributed by atoms with Crippen LogP contribution in [0.15, 0.2) is 4.79 Å². The van der Waals surface area contributed by atoms with Gasteiger partial charge in [-0.25, -0.2) is 4.79 Å². The van der Waals surface area contributed by atoms with Crippen LogP contribution < -0.4 is 10.6 Å². The van der Waals surface area contributed by atoms with E-state index in [0.717, 1.165) is 24.3 Å². The van der Waals surface area contributed by atoms with Crippen LogP contribution in [0.4, 0.5) is 5.82 Å². The van der Waals surface area contributed by atoms with Gasteiger partial charge in [0.25, 0.3) is 0 Å². The number of fused-ring (bicyclic) bond motifs is 1. The van der Waals surface area contributed by atoms with E-state index in [1.165, 1.54) is 0 Å². The van der Waals surface area contributed by atoms with Crippen LogP contribution in [0.1, 0.15) is 5.56 Å². The first kappa shape index (κ1) is 8.50. The zero-order chi connectivity index (χ0) is 9.59. The molecule has 1 aliphatic heterocycles. The van der Waals surface area contributed by atoms with Crippen molar-refractivity contribution >= 4 is 18.0 Å². The van der Waals surface area contributed by atoms with Crippen LogP contribution in [0, 0.1) is 4.64 Å². The molecule has 0 atom stereocenters. The molecule has 1 aromatic heterocycles. The third kappa shape index (κ3) is 1.11. The summed E-state index contributed by atoms with van der Waals surface area (Å²) in [7, 11) is 3.73. The minimum atomic E-state index is -0.141. The Morgan fingerprint density at radius 1 is 1.46 bits per heavy atom. The van der Waals surface area contributed by atoms with Crippen LogP contribution in [0.5, 0.6) is 0 Å². The van der Waals surface area contributed by atoms with E-state index in [9.17, 15) is 4.79 Å². The van der Waals surface area contributed by atoms with Crippen molar-refractivity contribution < 1.29 is 0 Å². The van der Waals surface area contributed by atoms with Crippen LogP contribution >= 0.6 is 12.2 Å². The van der Waals surface area contributed by atoms with E-state index < -0.39 is 0 Å². The second-order valence-corrected chi connectivity index (χ2v) is 3.70. The maximum Gasteiger partial charge on any atom is 0.327 e. The summed E-state index contributed by atoms with van der Waals surface area (Å²) in [5.41, 5.74) is 0.942. The third-order valence-electron chi connectivity index (χ3n) is 2.45. The fourth-order valence-electron chi connectivity index (χ4n) is 1.75. The highest BCUT2D eigenvalue weighted by Gasteiger charge is 2.20. The van der Waals surface area contributed by atoms with Crippen LogP contribution in [-0.4, -0.2) is 23.1 Å². The van der Waals surface area contributed by atoms with Gasteiger partial charge in [0, 0.05) is 26.2 Å². The number of aromatic amines is 1. The fourth-order valence-corrected chi connectivity index (χ4v) is 2.03. The van der Waals surface area contributed by atoms with Gasteiger partial charge in [0.05, 0.1) is 0 Å². The van der Waals surface area contributed by atoms with Gasteiger partial charge in [-0.2, -0.15) is 0 Å². The van der Waals surface area contributed by atoms with Gasteiger partial charge in [-0.1, -0.05) is 12.2 Å². The summed E-state index contributed by atoms with van der Waals surface area (Å²) < 4.78 is 2.19. The van der Waals surface area contributed by atoms with Gasteiger partial charge < -0.3 is 4.90 Å². The van der Waals surface area contributed by atoms with Crippen LogP contribution in [0.3, 0.4) is 0 Å². The summed E-state index contributed by atoms with van der Waals surface area (Å²) in [4.78, 5) is 16.1. The number of hydrogen-bond donors (Lipinski definition) is 1. The molecule has 0 amide bonds. The maximum absolute atomic E-state index is 11.4. The lowest BCUT2D eigenvalue weighted by atomic mass is 10.3. The highest BCUT2D eigenvalue weighted by molar-refractivity contribution is 7.71. The molecule has 0 radical (unpaired) electrons. The van der Waals surface area contributed by atoms with Gasteiger partial charge in [0.1, 0.15) is 10.5 Å². The number of anilines is 1. The molecule has 70 valence electrons. The van der Waals surface area contributed by atoms with E-state index in [0.29, 0.717) is 4.64 Å². The number of aromatic nitrogens is 2. The minimum absolute atomic E-state index is 0.141. The molecule has 0 aromatic carbocycles. The lowest BCUT2D eigenvalue weighted by Crippen LogP contribution is -2.26. The van der Waals surface area contributed by atoms with Crippen molar-refractivity contribution in [3.05, 3.63) is 20.7 Å². The molecule has 0 aliphatic carbocycles. The molecule has 0 saturated carbocycles. The lowest BCUT2D eigenvalue weighted by molar-refractivity contribution is 0.788. The predicted molar refractivity (Wildman–Crippen MR) is 53.8 cm³/mol. The number of hydrogen-bond acceptors (Lipinski definition) is 3. The Labute approximate surface area is 80.8 Å². The minimum Gasteiger partial charge on any atom is -0.360 e. The molecule has 0 saturated heterocycles. The molecule has 4 nitrogen and oxygen atoms in total. The Balaban J connectivity index is 2.86. The Hall–Kier alpha value is -1.10. The summed E-state index contributed by atoms with van der Waals surface area (Å²) >= 11 is 5.08. The predicted octanol–water partition coefficient (Wildman–Crippen LogP) is 0.435. The van der Waals surface area contributed by atoms with Crippen molar-refractivity contribution in [2.75, 3.05) is 18.5 Å². The summed E-state index contributed by atoms with van der Waals surface area (Å²) in [5, 5.41) is 0. The van der Waals surface area contributed by atoms with Crippen LogP contribution in [0.2, 0.25) is 0 Å². The summed E-state index contributed by atoms with van der Waals surface area (Å²) in [6, 6.07) is 0. The van der Waals surface area contributed by atoms with Crippen molar-refractivity contribution in [2.45, 2.75) is 6.42 Å². The normalized spacial score (nSPS) is 14.8. The van der Waals surface area contributed by atoms with Crippen molar-refractivity contribution in [3.63, 3.8) is 0 Å². The van der Waals surface area contributed by atoms with Crippen molar-refractivity contribution in [2.24, 2.45) is 7.05 Å². The molecule has 2 rings (SSSR count). The molecule has 0 unspecified atom stereocenters. The Kier molecular flexibility index (Phi) is 1.76. The average molecular weight is 197 g/mol. The molecule has 2 heterocycles. The number of nitrogens with one attached hydrogen (secondary N) is 1. The van der Waals surface area contributed by atoms with Gasteiger partial charge in [-0.3, -0.25) is 9.55 Å². The second-order valence-electron chi connectivity index (χ2n) is 3.29. The van der Waals surface area contributed by atoms with Gasteiger partial charge in [-0.05, 0) is 6.42 Å². The summed E-state index contributed by atoms with van der Waals surface area (Å²) in [6.07, 6.45) is 0.926. The molecule has 13 heavy (non-hydrogen) atoms. The molecule has 1 aromatic rings.